The third-order valence-electron chi connectivity index (χ3n) is 5.82. The predicted molar refractivity (Wildman–Crippen MR) is 133 cm³/mol. The van der Waals surface area contributed by atoms with Gasteiger partial charge in [0.15, 0.2) is 5.13 Å². The topological polar surface area (TPSA) is 93.2 Å². The second kappa shape index (κ2) is 9.44. The molecule has 0 radical (unpaired) electrons. The van der Waals surface area contributed by atoms with Crippen molar-refractivity contribution in [2.75, 3.05) is 11.9 Å². The number of ether oxygens (including phenoxy) is 1. The van der Waals surface area contributed by atoms with Crippen molar-refractivity contribution in [2.24, 2.45) is 0 Å². The SMILES string of the molecule is CCOC(=O)Nc1nc2ccc(-c3cnc4scc(C(=O)NC5CCCCC5)c4c3)cc2s1. The molecular formula is C24H24N4O3S2. The van der Waals surface area contributed by atoms with Crippen LogP contribution < -0.4 is 10.6 Å². The molecule has 4 aromatic rings. The number of anilines is 1. The zero-order chi connectivity index (χ0) is 22.8. The molecule has 1 fully saturated rings. The Morgan fingerprint density at radius 3 is 2.82 bits per heavy atom. The molecule has 2 amide bonds. The van der Waals surface area contributed by atoms with Gasteiger partial charge in [0.25, 0.3) is 5.91 Å². The van der Waals surface area contributed by atoms with Gasteiger partial charge >= 0.3 is 6.09 Å². The van der Waals surface area contributed by atoms with Crippen LogP contribution in [0.4, 0.5) is 9.93 Å². The standard InChI is InChI=1S/C24H24N4O3S2/c1-2-31-24(30)28-23-27-19-9-8-14(11-20(19)33-23)15-10-17-18(13-32-22(17)25-12-15)21(29)26-16-6-4-3-5-7-16/h8-13,16H,2-7H2,1H3,(H,26,29)(H,27,28,30). The summed E-state index contributed by atoms with van der Waals surface area (Å²) in [4.78, 5) is 34.6. The summed E-state index contributed by atoms with van der Waals surface area (Å²) in [5.41, 5.74) is 3.40. The summed E-state index contributed by atoms with van der Waals surface area (Å²) < 4.78 is 5.87. The fourth-order valence-corrected chi connectivity index (χ4v) is 5.94. The van der Waals surface area contributed by atoms with Crippen molar-refractivity contribution in [1.29, 1.82) is 0 Å². The van der Waals surface area contributed by atoms with E-state index in [1.54, 1.807) is 6.92 Å². The Morgan fingerprint density at radius 1 is 1.15 bits per heavy atom. The monoisotopic (exact) mass is 480 g/mol. The molecule has 1 aliphatic carbocycles. The van der Waals surface area contributed by atoms with Crippen LogP contribution in [0.1, 0.15) is 49.4 Å². The quantitative estimate of drug-likeness (QED) is 0.354. The van der Waals surface area contributed by atoms with Crippen LogP contribution in [-0.4, -0.2) is 34.6 Å². The summed E-state index contributed by atoms with van der Waals surface area (Å²) in [6.07, 6.45) is 7.05. The van der Waals surface area contributed by atoms with Crippen LogP contribution >= 0.6 is 22.7 Å². The Bertz CT molecular complexity index is 1320. The molecule has 0 bridgehead atoms. The molecule has 3 heterocycles. The van der Waals surface area contributed by atoms with Gasteiger partial charge in [0.1, 0.15) is 4.83 Å². The normalized spacial score (nSPS) is 14.5. The number of thiophene rings is 1. The Morgan fingerprint density at radius 2 is 2.00 bits per heavy atom. The van der Waals surface area contributed by atoms with E-state index in [0.29, 0.717) is 17.3 Å². The molecule has 0 spiro atoms. The van der Waals surface area contributed by atoms with Crippen LogP contribution in [0.5, 0.6) is 0 Å². The molecule has 1 aliphatic rings. The van der Waals surface area contributed by atoms with Crippen LogP contribution in [0.15, 0.2) is 35.8 Å². The molecule has 1 saturated carbocycles. The van der Waals surface area contributed by atoms with Gasteiger partial charge in [-0.15, -0.1) is 11.3 Å². The van der Waals surface area contributed by atoms with Gasteiger partial charge in [-0.05, 0) is 43.5 Å². The lowest BCUT2D eigenvalue weighted by atomic mass is 9.95. The second-order valence-electron chi connectivity index (χ2n) is 8.08. The average Bonchev–Trinajstić information content (AvgIpc) is 3.42. The van der Waals surface area contributed by atoms with E-state index in [4.69, 9.17) is 4.74 Å². The molecule has 170 valence electrons. The van der Waals surface area contributed by atoms with Crippen molar-refractivity contribution >= 4 is 60.2 Å². The first-order valence-electron chi connectivity index (χ1n) is 11.1. The highest BCUT2D eigenvalue weighted by molar-refractivity contribution is 7.22. The van der Waals surface area contributed by atoms with Crippen LogP contribution in [0, 0.1) is 0 Å². The second-order valence-corrected chi connectivity index (χ2v) is 9.97. The molecule has 0 aliphatic heterocycles. The number of carbonyl (C=O) groups is 2. The van der Waals surface area contributed by atoms with E-state index >= 15 is 0 Å². The van der Waals surface area contributed by atoms with Gasteiger partial charge < -0.3 is 10.1 Å². The Labute approximate surface area is 199 Å². The van der Waals surface area contributed by atoms with Gasteiger partial charge in [0.2, 0.25) is 0 Å². The van der Waals surface area contributed by atoms with Crippen molar-refractivity contribution in [3.05, 3.63) is 41.4 Å². The highest BCUT2D eigenvalue weighted by atomic mass is 32.1. The van der Waals surface area contributed by atoms with Crippen molar-refractivity contribution in [3.63, 3.8) is 0 Å². The van der Waals surface area contributed by atoms with Gasteiger partial charge in [0.05, 0.1) is 22.4 Å². The van der Waals surface area contributed by atoms with Gasteiger partial charge in [0, 0.05) is 28.6 Å². The highest BCUT2D eigenvalue weighted by Crippen LogP contribution is 2.33. The lowest BCUT2D eigenvalue weighted by Gasteiger charge is -2.22. The van der Waals surface area contributed by atoms with Gasteiger partial charge in [-0.25, -0.2) is 14.8 Å². The van der Waals surface area contributed by atoms with E-state index in [9.17, 15) is 9.59 Å². The van der Waals surface area contributed by atoms with E-state index in [0.717, 1.165) is 44.4 Å². The number of hydrogen-bond donors (Lipinski definition) is 2. The minimum atomic E-state index is -0.511. The highest BCUT2D eigenvalue weighted by Gasteiger charge is 2.20. The molecule has 3 aromatic heterocycles. The average molecular weight is 481 g/mol. The van der Waals surface area contributed by atoms with Gasteiger partial charge in [-0.3, -0.25) is 10.1 Å². The number of nitrogens with zero attached hydrogens (tertiary/aromatic N) is 2. The van der Waals surface area contributed by atoms with Crippen LogP contribution in [-0.2, 0) is 4.74 Å². The fourth-order valence-electron chi connectivity index (χ4n) is 4.17. The molecule has 2 N–H and O–H groups in total. The van der Waals surface area contributed by atoms with Crippen LogP contribution in [0.2, 0.25) is 0 Å². The summed E-state index contributed by atoms with van der Waals surface area (Å²) in [5, 5.41) is 9.14. The maximum atomic E-state index is 13.0. The summed E-state index contributed by atoms with van der Waals surface area (Å²) in [6, 6.07) is 8.23. The van der Waals surface area contributed by atoms with Crippen molar-refractivity contribution in [2.45, 2.75) is 45.1 Å². The maximum Gasteiger partial charge on any atom is 0.413 e. The first kappa shape index (κ1) is 21.8. The molecule has 9 heteroatoms. The molecule has 5 rings (SSSR count). The molecule has 0 unspecified atom stereocenters. The van der Waals surface area contributed by atoms with E-state index < -0.39 is 6.09 Å². The molecule has 0 atom stereocenters. The summed E-state index contributed by atoms with van der Waals surface area (Å²) in [7, 11) is 0. The van der Waals surface area contributed by atoms with Crippen LogP contribution in [0.25, 0.3) is 31.6 Å². The van der Waals surface area contributed by atoms with E-state index in [-0.39, 0.29) is 11.9 Å². The number of aromatic nitrogens is 2. The van der Waals surface area contributed by atoms with E-state index in [1.165, 1.54) is 41.9 Å². The number of thiazole rings is 1. The third kappa shape index (κ3) is 4.69. The summed E-state index contributed by atoms with van der Waals surface area (Å²) >= 11 is 2.88. The van der Waals surface area contributed by atoms with E-state index in [2.05, 4.69) is 20.6 Å². The fraction of sp³-hybridized carbons (Fsp3) is 0.333. The number of fused-ring (bicyclic) bond motifs is 2. The number of pyridine rings is 1. The predicted octanol–water partition coefficient (Wildman–Crippen LogP) is 6.20. The number of rotatable bonds is 5. The van der Waals surface area contributed by atoms with Gasteiger partial charge in [-0.2, -0.15) is 0 Å². The van der Waals surface area contributed by atoms with Crippen molar-refractivity contribution < 1.29 is 14.3 Å². The number of amides is 2. The molecule has 1 aromatic carbocycles. The number of benzene rings is 1. The largest absolute Gasteiger partial charge is 0.450 e. The summed E-state index contributed by atoms with van der Waals surface area (Å²) in [5.74, 6) is -0.0142. The molecule has 33 heavy (non-hydrogen) atoms. The zero-order valence-electron chi connectivity index (χ0n) is 18.2. The Balaban J connectivity index is 1.41. The van der Waals surface area contributed by atoms with Crippen molar-refractivity contribution in [1.82, 2.24) is 15.3 Å². The van der Waals surface area contributed by atoms with Gasteiger partial charge in [-0.1, -0.05) is 36.7 Å². The van der Waals surface area contributed by atoms with Crippen molar-refractivity contribution in [3.8, 4) is 11.1 Å². The first-order chi connectivity index (χ1) is 16.1. The minimum absolute atomic E-state index is 0.0142. The summed E-state index contributed by atoms with van der Waals surface area (Å²) in [6.45, 7) is 2.06. The van der Waals surface area contributed by atoms with Crippen LogP contribution in [0.3, 0.4) is 0 Å². The number of nitrogens with one attached hydrogen (secondary N) is 2. The first-order valence-corrected chi connectivity index (χ1v) is 12.8. The zero-order valence-corrected chi connectivity index (χ0v) is 19.9. The Hall–Kier alpha value is -3.04. The van der Waals surface area contributed by atoms with E-state index in [1.807, 2.05) is 35.8 Å². The Kier molecular flexibility index (Phi) is 6.24. The molecule has 0 saturated heterocycles. The molecular weight excluding hydrogens is 456 g/mol. The lowest BCUT2D eigenvalue weighted by molar-refractivity contribution is 0.0929. The number of hydrogen-bond acceptors (Lipinski definition) is 7. The minimum Gasteiger partial charge on any atom is -0.450 e. The molecule has 7 nitrogen and oxygen atoms in total. The number of carbonyl (C=O) groups excluding carboxylic acids is 2. The lowest BCUT2D eigenvalue weighted by Crippen LogP contribution is -2.36. The third-order valence-corrected chi connectivity index (χ3v) is 7.66. The smallest absolute Gasteiger partial charge is 0.413 e. The maximum absolute atomic E-state index is 13.0.